The molecule has 0 amide bonds. The van der Waals surface area contributed by atoms with E-state index in [1.807, 2.05) is 0 Å². The maximum absolute atomic E-state index is 4.26. The minimum absolute atomic E-state index is 0. The van der Waals surface area contributed by atoms with Crippen molar-refractivity contribution in [3.05, 3.63) is 26.2 Å². The molecule has 0 atom stereocenters. The summed E-state index contributed by atoms with van der Waals surface area (Å²) in [6.07, 6.45) is 0. The molecule has 202 valence electrons. The Balaban J connectivity index is -0.000000105. The second kappa shape index (κ2) is 25.1. The van der Waals surface area contributed by atoms with Crippen LogP contribution in [0.3, 0.4) is 0 Å². The minimum atomic E-state index is -0.921. The zero-order chi connectivity index (χ0) is 26.5. The summed E-state index contributed by atoms with van der Waals surface area (Å²) in [4.78, 5) is 0. The van der Waals surface area contributed by atoms with Gasteiger partial charge in [0.15, 0.2) is 0 Å². The van der Waals surface area contributed by atoms with Gasteiger partial charge in [-0.3, -0.25) is 0 Å². The van der Waals surface area contributed by atoms with Crippen LogP contribution in [-0.2, 0) is 17.4 Å². The second-order valence-corrected chi connectivity index (χ2v) is 30.7. The maximum atomic E-state index is 4.26. The summed E-state index contributed by atoms with van der Waals surface area (Å²) in [5.41, 5.74) is 0. The zero-order valence-corrected chi connectivity index (χ0v) is 31.0. The van der Waals surface area contributed by atoms with Crippen LogP contribution in [0.15, 0.2) is 0 Å². The molecule has 0 fully saturated rings. The van der Waals surface area contributed by atoms with Crippen LogP contribution in [0.4, 0.5) is 0 Å². The van der Waals surface area contributed by atoms with Crippen molar-refractivity contribution in [3.63, 3.8) is 0 Å². The molecular weight excluding hydrogens is 501 g/mol. The molecule has 0 aliphatic carbocycles. The Bertz CT molecular complexity index is 267. The van der Waals surface area contributed by atoms with E-state index in [-0.39, 0.29) is 17.4 Å². The first-order valence-electron chi connectivity index (χ1n) is 14.1. The fourth-order valence-corrected chi connectivity index (χ4v) is 9.00. The Kier molecular flexibility index (Phi) is 33.7. The molecule has 0 spiro atoms. The molecule has 0 aromatic carbocycles. The van der Waals surface area contributed by atoms with Gasteiger partial charge in [-0.25, -0.2) is 0 Å². The van der Waals surface area contributed by atoms with Gasteiger partial charge in [-0.15, -0.1) is 0 Å². The predicted molar refractivity (Wildman–Crippen MR) is 170 cm³/mol. The Morgan fingerprint density at radius 1 is 0.273 bits per heavy atom. The molecule has 0 aliphatic rings. The van der Waals surface area contributed by atoms with Crippen LogP contribution < -0.4 is 0 Å². The summed E-state index contributed by atoms with van der Waals surface area (Å²) >= 11 is 0. The van der Waals surface area contributed by atoms with Gasteiger partial charge in [0.1, 0.15) is 0 Å². The fourth-order valence-electron chi connectivity index (χ4n) is 3.00. The first-order valence-corrected chi connectivity index (χ1v) is 25.5. The van der Waals surface area contributed by atoms with Gasteiger partial charge in [0, 0.05) is 0 Å². The number of rotatable bonds is 12. The van der Waals surface area contributed by atoms with Crippen molar-refractivity contribution in [2.45, 2.75) is 156 Å². The van der Waals surface area contributed by atoms with Crippen molar-refractivity contribution >= 4 is 32.3 Å². The van der Waals surface area contributed by atoms with E-state index < -0.39 is 32.3 Å². The largest absolute Gasteiger partial charge is 4.00 e. The van der Waals surface area contributed by atoms with Crippen LogP contribution in [0.1, 0.15) is 83.1 Å². The van der Waals surface area contributed by atoms with Crippen LogP contribution in [0.25, 0.3) is 0 Å². The molecule has 0 unspecified atom stereocenters. The molecular formula is C28H68CrSi4. The number of hydrogen-bond donors (Lipinski definition) is 0. The molecule has 0 radical (unpaired) electrons. The first-order chi connectivity index (χ1) is 14.7. The summed E-state index contributed by atoms with van der Waals surface area (Å²) in [7, 11) is -3.69. The second-order valence-electron chi connectivity index (χ2n) is 10.2. The molecule has 0 aliphatic heterocycles. The van der Waals surface area contributed by atoms with Crippen molar-refractivity contribution in [1.29, 1.82) is 0 Å². The van der Waals surface area contributed by atoms with Gasteiger partial charge in [0.05, 0.1) is 0 Å². The first kappa shape index (κ1) is 44.4. The average Bonchev–Trinajstić information content (AvgIpc) is 2.87. The molecule has 0 bridgehead atoms. The van der Waals surface area contributed by atoms with Crippen molar-refractivity contribution in [1.82, 2.24) is 0 Å². The van der Waals surface area contributed by atoms with Crippen molar-refractivity contribution in [2.24, 2.45) is 0 Å². The molecule has 0 aromatic heterocycles. The van der Waals surface area contributed by atoms with Crippen LogP contribution in [-0.4, -0.2) is 32.3 Å². The molecule has 0 heterocycles. The van der Waals surface area contributed by atoms with Crippen LogP contribution in [0, 0.1) is 26.2 Å². The van der Waals surface area contributed by atoms with E-state index in [1.165, 1.54) is 72.5 Å². The van der Waals surface area contributed by atoms with Crippen molar-refractivity contribution < 1.29 is 17.4 Å². The zero-order valence-electron chi connectivity index (χ0n) is 25.7. The van der Waals surface area contributed by atoms with Gasteiger partial charge in [-0.05, 0) is 0 Å². The van der Waals surface area contributed by atoms with Crippen LogP contribution in [0.5, 0.6) is 0 Å². The minimum Gasteiger partial charge on any atom is -0.342 e. The molecule has 33 heavy (non-hydrogen) atoms. The van der Waals surface area contributed by atoms with Gasteiger partial charge in [-0.2, -0.15) is 0 Å². The van der Waals surface area contributed by atoms with Gasteiger partial charge < -0.3 is 26.2 Å². The van der Waals surface area contributed by atoms with Gasteiger partial charge in [-0.1, -0.05) is 188 Å². The summed E-state index contributed by atoms with van der Waals surface area (Å²) in [5, 5.41) is 0. The fraction of sp³-hybridized carbons (Fsp3) is 0.857. The molecule has 0 nitrogen and oxygen atoms in total. The molecule has 0 rings (SSSR count). The van der Waals surface area contributed by atoms with Gasteiger partial charge in [0.25, 0.3) is 0 Å². The Labute approximate surface area is 230 Å². The standard InChI is InChI=1S/4C7H17Si.Cr/c4*1-5-8(4,6-2)7-3;/h4*4-7H2,1-3H3;/q4*-1;+4. The third-order valence-electron chi connectivity index (χ3n) is 9.00. The summed E-state index contributed by atoms with van der Waals surface area (Å²) < 4.78 is 0. The van der Waals surface area contributed by atoms with Crippen LogP contribution >= 0.6 is 0 Å². The van der Waals surface area contributed by atoms with E-state index in [9.17, 15) is 0 Å². The predicted octanol–water partition coefficient (Wildman–Crippen LogP) is 11.5. The van der Waals surface area contributed by atoms with E-state index in [0.29, 0.717) is 0 Å². The quantitative estimate of drug-likeness (QED) is 0.162. The topological polar surface area (TPSA) is 0 Å². The Hall–Kier alpha value is 1.40. The van der Waals surface area contributed by atoms with Crippen molar-refractivity contribution in [3.8, 4) is 0 Å². The summed E-state index contributed by atoms with van der Waals surface area (Å²) in [6, 6.07) is 16.2. The third-order valence-corrected chi connectivity index (χ3v) is 27.0. The van der Waals surface area contributed by atoms with E-state index >= 15 is 0 Å². The van der Waals surface area contributed by atoms with E-state index in [4.69, 9.17) is 0 Å². The van der Waals surface area contributed by atoms with Crippen LogP contribution in [0.2, 0.25) is 72.5 Å². The monoisotopic (exact) mass is 568 g/mol. The van der Waals surface area contributed by atoms with Crippen molar-refractivity contribution in [2.75, 3.05) is 0 Å². The van der Waals surface area contributed by atoms with E-state index in [2.05, 4.69) is 109 Å². The third kappa shape index (κ3) is 23.5. The van der Waals surface area contributed by atoms with Gasteiger partial charge in [0.2, 0.25) is 0 Å². The normalized spacial score (nSPS) is 11.6. The van der Waals surface area contributed by atoms with E-state index in [0.717, 1.165) is 0 Å². The maximum Gasteiger partial charge on any atom is 4.00 e. The SMILES string of the molecule is [CH2-][Si](CC)(CC)CC.[CH2-][Si](CC)(CC)CC.[CH2-][Si](CC)(CC)CC.[CH2-][Si](CC)(CC)CC.[Cr+4]. The van der Waals surface area contributed by atoms with E-state index in [1.54, 1.807) is 0 Å². The Morgan fingerprint density at radius 3 is 0.333 bits per heavy atom. The summed E-state index contributed by atoms with van der Waals surface area (Å²) in [5.74, 6) is 0. The molecule has 0 saturated carbocycles. The molecule has 0 aromatic rings. The molecule has 0 saturated heterocycles. The molecule has 0 N–H and O–H groups in total. The Morgan fingerprint density at radius 2 is 0.333 bits per heavy atom. The molecule has 5 heteroatoms. The van der Waals surface area contributed by atoms with Gasteiger partial charge >= 0.3 is 17.4 Å². The number of hydrogen-bond acceptors (Lipinski definition) is 0. The average molecular weight is 569 g/mol. The summed E-state index contributed by atoms with van der Waals surface area (Å²) in [6.45, 7) is 44.3. The smallest absolute Gasteiger partial charge is 0.342 e.